The molecule has 0 fully saturated rings. The number of benzene rings is 1. The second kappa shape index (κ2) is 7.40. The van der Waals surface area contributed by atoms with Gasteiger partial charge in [0.2, 0.25) is 0 Å². The highest BCUT2D eigenvalue weighted by Gasteiger charge is 2.27. The Kier molecular flexibility index (Phi) is 5.41. The number of carbonyl (C=O) groups is 2. The Morgan fingerprint density at radius 3 is 2.84 bits per heavy atom. The molecule has 25 heavy (non-hydrogen) atoms. The van der Waals surface area contributed by atoms with Gasteiger partial charge >= 0.3 is 0 Å². The minimum Gasteiger partial charge on any atom is -0.365 e. The van der Waals surface area contributed by atoms with Crippen LogP contribution >= 0.6 is 34.7 Å². The predicted octanol–water partition coefficient (Wildman–Crippen LogP) is 4.60. The molecule has 1 aliphatic carbocycles. The van der Waals surface area contributed by atoms with E-state index in [4.69, 9.17) is 17.3 Å². The van der Waals surface area contributed by atoms with Crippen LogP contribution in [0, 0.1) is 5.92 Å². The molecule has 0 radical (unpaired) electrons. The zero-order valence-corrected chi connectivity index (χ0v) is 16.4. The van der Waals surface area contributed by atoms with Crippen molar-refractivity contribution in [1.29, 1.82) is 0 Å². The maximum Gasteiger partial charge on any atom is 0.257 e. The number of rotatable bonds is 4. The van der Waals surface area contributed by atoms with E-state index in [-0.39, 0.29) is 5.91 Å². The molecule has 4 nitrogen and oxygen atoms in total. The second-order valence-electron chi connectivity index (χ2n) is 6.22. The fourth-order valence-corrected chi connectivity index (χ4v) is 5.13. The first kappa shape index (κ1) is 18.3. The summed E-state index contributed by atoms with van der Waals surface area (Å²) in [6.07, 6.45) is 4.70. The van der Waals surface area contributed by atoms with E-state index >= 15 is 0 Å². The summed E-state index contributed by atoms with van der Waals surface area (Å²) in [7, 11) is 0. The summed E-state index contributed by atoms with van der Waals surface area (Å²) in [5, 5.41) is 3.77. The average Bonchev–Trinajstić information content (AvgIpc) is 2.92. The summed E-state index contributed by atoms with van der Waals surface area (Å²) in [4.78, 5) is 26.8. The Labute approximate surface area is 160 Å². The van der Waals surface area contributed by atoms with E-state index in [1.165, 1.54) is 23.1 Å². The van der Waals surface area contributed by atoms with Crippen LogP contribution in [0.5, 0.6) is 0 Å². The fourth-order valence-electron chi connectivity index (χ4n) is 3.08. The normalized spacial score (nSPS) is 16.4. The number of amides is 2. The molecule has 0 saturated heterocycles. The van der Waals surface area contributed by atoms with Gasteiger partial charge in [0.1, 0.15) is 5.00 Å². The van der Waals surface area contributed by atoms with Crippen molar-refractivity contribution in [3.8, 4) is 0 Å². The summed E-state index contributed by atoms with van der Waals surface area (Å²) < 4.78 is 0. The van der Waals surface area contributed by atoms with Gasteiger partial charge in [0, 0.05) is 9.77 Å². The summed E-state index contributed by atoms with van der Waals surface area (Å²) in [5.41, 5.74) is 7.44. The largest absolute Gasteiger partial charge is 0.365 e. The van der Waals surface area contributed by atoms with Crippen LogP contribution in [0.15, 0.2) is 23.1 Å². The van der Waals surface area contributed by atoms with Crippen LogP contribution in [-0.2, 0) is 12.8 Å². The lowest BCUT2D eigenvalue weighted by Gasteiger charge is -2.18. The van der Waals surface area contributed by atoms with Crippen LogP contribution < -0.4 is 11.1 Å². The number of hydrogen-bond donors (Lipinski definition) is 2. The number of halogens is 1. The van der Waals surface area contributed by atoms with Gasteiger partial charge in [0.15, 0.2) is 0 Å². The molecule has 0 aliphatic heterocycles. The summed E-state index contributed by atoms with van der Waals surface area (Å²) >= 11 is 9.17. The number of thioether (sulfide) groups is 1. The molecule has 2 amide bonds. The smallest absolute Gasteiger partial charge is 0.257 e. The first-order valence-electron chi connectivity index (χ1n) is 8.00. The SMILES string of the molecule is CSc1ccc(Cl)c(C(=O)Nc2sc3c(c2C(N)=O)CC[C@H](C)C3)c1. The lowest BCUT2D eigenvalue weighted by Crippen LogP contribution is -2.19. The summed E-state index contributed by atoms with van der Waals surface area (Å²) in [5.74, 6) is -0.246. The highest BCUT2D eigenvalue weighted by molar-refractivity contribution is 7.98. The van der Waals surface area contributed by atoms with Crippen LogP contribution in [0.25, 0.3) is 0 Å². The van der Waals surface area contributed by atoms with Crippen LogP contribution in [0.3, 0.4) is 0 Å². The van der Waals surface area contributed by atoms with Gasteiger partial charge in [0.25, 0.3) is 11.8 Å². The molecular weight excluding hydrogens is 376 g/mol. The molecule has 0 saturated carbocycles. The number of thiophene rings is 1. The van der Waals surface area contributed by atoms with E-state index < -0.39 is 5.91 Å². The van der Waals surface area contributed by atoms with Gasteiger partial charge < -0.3 is 11.1 Å². The highest BCUT2D eigenvalue weighted by Crippen LogP contribution is 2.39. The Morgan fingerprint density at radius 2 is 2.16 bits per heavy atom. The van der Waals surface area contributed by atoms with E-state index in [0.717, 1.165) is 34.6 Å². The molecule has 1 aliphatic rings. The third kappa shape index (κ3) is 3.71. The molecule has 3 rings (SSSR count). The first-order chi connectivity index (χ1) is 11.9. The molecule has 0 unspecified atom stereocenters. The lowest BCUT2D eigenvalue weighted by atomic mass is 9.88. The van der Waals surface area contributed by atoms with E-state index in [2.05, 4.69) is 12.2 Å². The van der Waals surface area contributed by atoms with Crippen molar-refractivity contribution in [2.75, 3.05) is 11.6 Å². The Hall–Kier alpha value is -1.50. The van der Waals surface area contributed by atoms with Crippen LogP contribution in [0.2, 0.25) is 5.02 Å². The number of nitrogens with two attached hydrogens (primary N) is 1. The van der Waals surface area contributed by atoms with Gasteiger partial charge in [-0.25, -0.2) is 0 Å². The third-order valence-corrected chi connectivity index (χ3v) is 6.63. The molecule has 132 valence electrons. The molecule has 1 heterocycles. The van der Waals surface area contributed by atoms with Crippen molar-refractivity contribution in [2.45, 2.75) is 31.1 Å². The van der Waals surface area contributed by atoms with Gasteiger partial charge in [0.05, 0.1) is 16.1 Å². The molecule has 2 aromatic rings. The van der Waals surface area contributed by atoms with Crippen LogP contribution in [-0.4, -0.2) is 18.1 Å². The number of carbonyl (C=O) groups excluding carboxylic acids is 2. The molecule has 0 spiro atoms. The van der Waals surface area contributed by atoms with Crippen molar-refractivity contribution >= 4 is 51.5 Å². The molecule has 7 heteroatoms. The zero-order valence-electron chi connectivity index (χ0n) is 14.0. The number of anilines is 1. The highest BCUT2D eigenvalue weighted by atomic mass is 35.5. The minimum absolute atomic E-state index is 0.324. The number of hydrogen-bond acceptors (Lipinski definition) is 4. The van der Waals surface area contributed by atoms with Gasteiger partial charge in [-0.2, -0.15) is 0 Å². The van der Waals surface area contributed by atoms with Crippen molar-refractivity contribution < 1.29 is 9.59 Å². The van der Waals surface area contributed by atoms with Crippen molar-refractivity contribution in [2.24, 2.45) is 11.7 Å². The van der Waals surface area contributed by atoms with Crippen LogP contribution in [0.1, 0.15) is 44.5 Å². The minimum atomic E-state index is -0.494. The fraction of sp³-hybridized carbons (Fsp3) is 0.333. The van der Waals surface area contributed by atoms with E-state index in [1.54, 1.807) is 12.1 Å². The number of nitrogens with one attached hydrogen (secondary N) is 1. The van der Waals surface area contributed by atoms with Crippen molar-refractivity contribution in [3.05, 3.63) is 44.8 Å². The Balaban J connectivity index is 1.95. The Bertz CT molecular complexity index is 848. The van der Waals surface area contributed by atoms with Gasteiger partial charge in [-0.3, -0.25) is 9.59 Å². The van der Waals surface area contributed by atoms with Crippen molar-refractivity contribution in [1.82, 2.24) is 0 Å². The Morgan fingerprint density at radius 1 is 1.40 bits per heavy atom. The summed E-state index contributed by atoms with van der Waals surface area (Å²) in [6.45, 7) is 2.19. The molecule has 3 N–H and O–H groups in total. The second-order valence-corrected chi connectivity index (χ2v) is 8.61. The van der Waals surface area contributed by atoms with Gasteiger partial charge in [-0.05, 0) is 55.2 Å². The topological polar surface area (TPSA) is 72.2 Å². The van der Waals surface area contributed by atoms with E-state index in [1.807, 2.05) is 12.3 Å². The number of fused-ring (bicyclic) bond motifs is 1. The van der Waals surface area contributed by atoms with Gasteiger partial charge in [-0.15, -0.1) is 23.1 Å². The lowest BCUT2D eigenvalue weighted by molar-refractivity contribution is 0.1000. The van der Waals surface area contributed by atoms with Crippen molar-refractivity contribution in [3.63, 3.8) is 0 Å². The first-order valence-corrected chi connectivity index (χ1v) is 10.4. The molecule has 0 bridgehead atoms. The molecular formula is C18H19ClN2O2S2. The average molecular weight is 395 g/mol. The zero-order chi connectivity index (χ0) is 18.1. The standard InChI is InChI=1S/C18H19ClN2O2S2/c1-9-3-5-11-14(7-9)25-18(15(11)16(20)22)21-17(23)12-8-10(24-2)4-6-13(12)19/h4,6,8-9H,3,5,7H2,1-2H3,(H2,20,22)(H,21,23)/t9-/m0/s1. The van der Waals surface area contributed by atoms with E-state index in [0.29, 0.717) is 27.1 Å². The predicted molar refractivity (Wildman–Crippen MR) is 105 cm³/mol. The number of primary amides is 1. The monoisotopic (exact) mass is 394 g/mol. The van der Waals surface area contributed by atoms with Gasteiger partial charge in [-0.1, -0.05) is 18.5 Å². The third-order valence-electron chi connectivity index (χ3n) is 4.40. The molecule has 1 aromatic heterocycles. The molecule has 1 atom stereocenters. The maximum absolute atomic E-state index is 12.7. The quantitative estimate of drug-likeness (QED) is 0.744. The van der Waals surface area contributed by atoms with Crippen LogP contribution in [0.4, 0.5) is 5.00 Å². The maximum atomic E-state index is 12.7. The van der Waals surface area contributed by atoms with E-state index in [9.17, 15) is 9.59 Å². The molecule has 1 aromatic carbocycles. The summed E-state index contributed by atoms with van der Waals surface area (Å²) in [6, 6.07) is 5.32.